The molecule has 0 saturated heterocycles. The van der Waals surface area contributed by atoms with Gasteiger partial charge in [0.1, 0.15) is 0 Å². The van der Waals surface area contributed by atoms with Crippen LogP contribution < -0.4 is 0 Å². The van der Waals surface area contributed by atoms with Gasteiger partial charge < -0.3 is 0 Å². The lowest BCUT2D eigenvalue weighted by molar-refractivity contribution is 0.509. The zero-order chi connectivity index (χ0) is 13.1. The Labute approximate surface area is 105 Å². The SMILES string of the molecule is CC(C)Cc1ccc(-c2ccc(F)c(F)c2)nc1. The molecule has 0 amide bonds. The van der Waals surface area contributed by atoms with Crippen molar-refractivity contribution in [2.24, 2.45) is 5.92 Å². The highest BCUT2D eigenvalue weighted by Gasteiger charge is 2.06. The lowest BCUT2D eigenvalue weighted by Gasteiger charge is -2.06. The monoisotopic (exact) mass is 247 g/mol. The molecule has 0 spiro atoms. The summed E-state index contributed by atoms with van der Waals surface area (Å²) in [5.41, 5.74) is 2.39. The summed E-state index contributed by atoms with van der Waals surface area (Å²) in [5.74, 6) is -1.11. The Morgan fingerprint density at radius 1 is 1.06 bits per heavy atom. The van der Waals surface area contributed by atoms with Gasteiger partial charge in [0, 0.05) is 11.8 Å². The van der Waals surface area contributed by atoms with E-state index < -0.39 is 11.6 Å². The van der Waals surface area contributed by atoms with Gasteiger partial charge in [0.25, 0.3) is 0 Å². The van der Waals surface area contributed by atoms with E-state index in [1.165, 1.54) is 12.1 Å². The van der Waals surface area contributed by atoms with Crippen LogP contribution in [0.2, 0.25) is 0 Å². The first kappa shape index (κ1) is 12.7. The fraction of sp³-hybridized carbons (Fsp3) is 0.267. The average molecular weight is 247 g/mol. The number of benzene rings is 1. The fourth-order valence-corrected chi connectivity index (χ4v) is 1.84. The lowest BCUT2D eigenvalue weighted by Crippen LogP contribution is -1.95. The van der Waals surface area contributed by atoms with Crippen LogP contribution in [-0.4, -0.2) is 4.98 Å². The van der Waals surface area contributed by atoms with Crippen LogP contribution >= 0.6 is 0 Å². The van der Waals surface area contributed by atoms with E-state index in [9.17, 15) is 8.78 Å². The standard InChI is InChI=1S/C15H15F2N/c1-10(2)7-11-3-6-15(18-9-11)12-4-5-13(16)14(17)8-12/h3-6,8-10H,7H2,1-2H3. The quantitative estimate of drug-likeness (QED) is 0.791. The Balaban J connectivity index is 2.25. The maximum atomic E-state index is 13.1. The van der Waals surface area contributed by atoms with E-state index in [1.54, 1.807) is 6.20 Å². The third kappa shape index (κ3) is 2.92. The predicted octanol–water partition coefficient (Wildman–Crippen LogP) is 4.23. The van der Waals surface area contributed by atoms with E-state index in [0.29, 0.717) is 17.2 Å². The summed E-state index contributed by atoms with van der Waals surface area (Å²) < 4.78 is 25.9. The molecule has 0 saturated carbocycles. The van der Waals surface area contributed by atoms with Crippen molar-refractivity contribution in [2.75, 3.05) is 0 Å². The van der Waals surface area contributed by atoms with E-state index in [0.717, 1.165) is 18.1 Å². The van der Waals surface area contributed by atoms with Gasteiger partial charge in [0.05, 0.1) is 5.69 Å². The zero-order valence-corrected chi connectivity index (χ0v) is 10.5. The van der Waals surface area contributed by atoms with Crippen molar-refractivity contribution in [1.29, 1.82) is 0 Å². The van der Waals surface area contributed by atoms with Gasteiger partial charge in [-0.1, -0.05) is 19.9 Å². The molecule has 3 heteroatoms. The first-order chi connectivity index (χ1) is 8.56. The summed E-state index contributed by atoms with van der Waals surface area (Å²) in [6, 6.07) is 7.63. The van der Waals surface area contributed by atoms with E-state index >= 15 is 0 Å². The molecule has 2 aromatic rings. The second-order valence-electron chi connectivity index (χ2n) is 4.78. The smallest absolute Gasteiger partial charge is 0.159 e. The van der Waals surface area contributed by atoms with Gasteiger partial charge in [-0.3, -0.25) is 4.98 Å². The number of hydrogen-bond acceptors (Lipinski definition) is 1. The first-order valence-corrected chi connectivity index (χ1v) is 5.96. The lowest BCUT2D eigenvalue weighted by atomic mass is 10.0. The van der Waals surface area contributed by atoms with Crippen LogP contribution in [0, 0.1) is 17.6 Å². The summed E-state index contributed by atoms with van der Waals surface area (Å²) >= 11 is 0. The molecule has 1 aromatic heterocycles. The summed E-state index contributed by atoms with van der Waals surface area (Å²) in [5, 5.41) is 0. The van der Waals surface area contributed by atoms with Crippen LogP contribution in [0.1, 0.15) is 19.4 Å². The highest BCUT2D eigenvalue weighted by Crippen LogP contribution is 2.20. The second-order valence-corrected chi connectivity index (χ2v) is 4.78. The Morgan fingerprint density at radius 2 is 1.83 bits per heavy atom. The predicted molar refractivity (Wildman–Crippen MR) is 68.1 cm³/mol. The largest absolute Gasteiger partial charge is 0.256 e. The summed E-state index contributed by atoms with van der Waals surface area (Å²) in [6.45, 7) is 4.28. The van der Waals surface area contributed by atoms with Gasteiger partial charge in [-0.2, -0.15) is 0 Å². The molecule has 0 aliphatic heterocycles. The molecule has 2 rings (SSSR count). The molecule has 0 aliphatic carbocycles. The molecule has 0 aliphatic rings. The van der Waals surface area contributed by atoms with E-state index in [1.807, 2.05) is 12.1 Å². The van der Waals surface area contributed by atoms with E-state index in [4.69, 9.17) is 0 Å². The van der Waals surface area contributed by atoms with Gasteiger partial charge in [-0.05, 0) is 42.2 Å². The highest BCUT2D eigenvalue weighted by molar-refractivity contribution is 5.59. The molecule has 0 atom stereocenters. The van der Waals surface area contributed by atoms with Crippen molar-refractivity contribution < 1.29 is 8.78 Å². The van der Waals surface area contributed by atoms with Crippen LogP contribution in [0.25, 0.3) is 11.3 Å². The van der Waals surface area contributed by atoms with Crippen molar-refractivity contribution in [3.8, 4) is 11.3 Å². The Kier molecular flexibility index (Phi) is 3.70. The van der Waals surface area contributed by atoms with Gasteiger partial charge in [0.15, 0.2) is 11.6 Å². The Morgan fingerprint density at radius 3 is 2.39 bits per heavy atom. The zero-order valence-electron chi connectivity index (χ0n) is 10.5. The maximum Gasteiger partial charge on any atom is 0.159 e. The molecular weight excluding hydrogens is 232 g/mol. The summed E-state index contributed by atoms with van der Waals surface area (Å²) in [4.78, 5) is 4.28. The molecule has 0 unspecified atom stereocenters. The minimum Gasteiger partial charge on any atom is -0.256 e. The number of nitrogens with zero attached hydrogens (tertiary/aromatic N) is 1. The highest BCUT2D eigenvalue weighted by atomic mass is 19.2. The van der Waals surface area contributed by atoms with Crippen LogP contribution in [0.4, 0.5) is 8.78 Å². The topological polar surface area (TPSA) is 12.9 Å². The molecule has 0 fully saturated rings. The third-order valence-corrected chi connectivity index (χ3v) is 2.68. The Hall–Kier alpha value is -1.77. The molecule has 0 radical (unpaired) electrons. The van der Waals surface area contributed by atoms with Crippen molar-refractivity contribution in [2.45, 2.75) is 20.3 Å². The number of rotatable bonds is 3. The number of pyridine rings is 1. The second kappa shape index (κ2) is 5.25. The van der Waals surface area contributed by atoms with Crippen LogP contribution in [0.5, 0.6) is 0 Å². The minimum atomic E-state index is -0.847. The van der Waals surface area contributed by atoms with Crippen molar-refractivity contribution in [3.63, 3.8) is 0 Å². The molecule has 1 heterocycles. The molecule has 1 aromatic carbocycles. The Bertz CT molecular complexity index is 533. The first-order valence-electron chi connectivity index (χ1n) is 5.96. The van der Waals surface area contributed by atoms with Crippen LogP contribution in [0.3, 0.4) is 0 Å². The molecule has 18 heavy (non-hydrogen) atoms. The van der Waals surface area contributed by atoms with Crippen molar-refractivity contribution >= 4 is 0 Å². The molecular formula is C15H15F2N. The molecule has 94 valence electrons. The maximum absolute atomic E-state index is 13.1. The van der Waals surface area contributed by atoms with Crippen molar-refractivity contribution in [3.05, 3.63) is 53.7 Å². The molecule has 0 N–H and O–H groups in total. The van der Waals surface area contributed by atoms with E-state index in [-0.39, 0.29) is 0 Å². The number of halogens is 2. The van der Waals surface area contributed by atoms with Gasteiger partial charge >= 0.3 is 0 Å². The van der Waals surface area contributed by atoms with Gasteiger partial charge in [-0.15, -0.1) is 0 Å². The number of aromatic nitrogens is 1. The summed E-state index contributed by atoms with van der Waals surface area (Å²) in [7, 11) is 0. The molecule has 1 nitrogen and oxygen atoms in total. The third-order valence-electron chi connectivity index (χ3n) is 2.68. The summed E-state index contributed by atoms with van der Waals surface area (Å²) in [6.07, 6.45) is 2.75. The van der Waals surface area contributed by atoms with Crippen molar-refractivity contribution in [1.82, 2.24) is 4.98 Å². The van der Waals surface area contributed by atoms with E-state index in [2.05, 4.69) is 18.8 Å². The molecule has 0 bridgehead atoms. The average Bonchev–Trinajstić information content (AvgIpc) is 2.33. The number of hydrogen-bond donors (Lipinski definition) is 0. The van der Waals surface area contributed by atoms with Crippen LogP contribution in [-0.2, 0) is 6.42 Å². The van der Waals surface area contributed by atoms with Gasteiger partial charge in [-0.25, -0.2) is 8.78 Å². The normalized spacial score (nSPS) is 10.9. The fourth-order valence-electron chi connectivity index (χ4n) is 1.84. The van der Waals surface area contributed by atoms with Crippen LogP contribution in [0.15, 0.2) is 36.5 Å². The van der Waals surface area contributed by atoms with Gasteiger partial charge in [0.2, 0.25) is 0 Å². The minimum absolute atomic E-state index is 0.570.